The van der Waals surface area contributed by atoms with Crippen molar-refractivity contribution in [3.05, 3.63) is 12.7 Å². The van der Waals surface area contributed by atoms with Crippen molar-refractivity contribution >= 4 is 5.97 Å². The third kappa shape index (κ3) is 7.28. The molecule has 0 aliphatic rings. The maximum absolute atomic E-state index is 10.5. The third-order valence-corrected chi connectivity index (χ3v) is 1.43. The number of carbonyl (C=O) groups excluding carboxylic acids is 1. The highest BCUT2D eigenvalue weighted by Gasteiger charge is 1.97. The Morgan fingerprint density at radius 1 is 1.67 bits per heavy atom. The van der Waals surface area contributed by atoms with E-state index in [9.17, 15) is 4.79 Å². The monoisotopic (exact) mass is 172 g/mol. The summed E-state index contributed by atoms with van der Waals surface area (Å²) in [5.74, 6) is -0.382. The average Bonchev–Trinajstić information content (AvgIpc) is 2.03. The van der Waals surface area contributed by atoms with E-state index in [1.807, 2.05) is 0 Å². The summed E-state index contributed by atoms with van der Waals surface area (Å²) in [6.45, 7) is 5.43. The molecule has 3 heteroatoms. The minimum atomic E-state index is -0.382. The minimum absolute atomic E-state index is 0.264. The van der Waals surface area contributed by atoms with Crippen LogP contribution in [0.2, 0.25) is 0 Å². The van der Waals surface area contributed by atoms with Gasteiger partial charge in [0.15, 0.2) is 0 Å². The first-order valence-corrected chi connectivity index (χ1v) is 4.14. The highest BCUT2D eigenvalue weighted by atomic mass is 16.5. The molecule has 70 valence electrons. The van der Waals surface area contributed by atoms with Crippen LogP contribution in [0.15, 0.2) is 12.7 Å². The van der Waals surface area contributed by atoms with Crippen molar-refractivity contribution in [1.29, 1.82) is 0 Å². The highest BCUT2D eigenvalue weighted by molar-refractivity contribution is 5.81. The maximum Gasteiger partial charge on any atom is 0.330 e. The van der Waals surface area contributed by atoms with E-state index < -0.39 is 0 Å². The summed E-state index contributed by atoms with van der Waals surface area (Å²) < 4.78 is 4.73. The van der Waals surface area contributed by atoms with Crippen molar-refractivity contribution in [2.75, 3.05) is 6.61 Å². The lowest BCUT2D eigenvalue weighted by atomic mass is 10.2. The van der Waals surface area contributed by atoms with E-state index in [1.54, 1.807) is 6.92 Å². The lowest BCUT2D eigenvalue weighted by Crippen LogP contribution is -2.04. The van der Waals surface area contributed by atoms with Gasteiger partial charge >= 0.3 is 5.97 Å². The van der Waals surface area contributed by atoms with Crippen molar-refractivity contribution in [2.24, 2.45) is 0 Å². The van der Waals surface area contributed by atoms with Crippen molar-refractivity contribution in [2.45, 2.75) is 32.3 Å². The number of aliphatic hydroxyl groups is 1. The fourth-order valence-electron chi connectivity index (χ4n) is 0.773. The molecule has 0 aliphatic carbocycles. The number of hydrogen-bond donors (Lipinski definition) is 1. The quantitative estimate of drug-likeness (QED) is 0.373. The first-order chi connectivity index (χ1) is 5.66. The number of carbonyl (C=O) groups is 1. The topological polar surface area (TPSA) is 46.5 Å². The number of rotatable bonds is 6. The Morgan fingerprint density at radius 2 is 2.33 bits per heavy atom. The Bertz CT molecular complexity index is 141. The lowest BCUT2D eigenvalue weighted by Gasteiger charge is -2.03. The van der Waals surface area contributed by atoms with Gasteiger partial charge in [0.05, 0.1) is 12.7 Å². The van der Waals surface area contributed by atoms with Crippen LogP contribution < -0.4 is 0 Å². The van der Waals surface area contributed by atoms with Crippen LogP contribution in [-0.4, -0.2) is 23.8 Å². The van der Waals surface area contributed by atoms with Gasteiger partial charge in [0.2, 0.25) is 0 Å². The van der Waals surface area contributed by atoms with Crippen molar-refractivity contribution in [1.82, 2.24) is 0 Å². The summed E-state index contributed by atoms with van der Waals surface area (Å²) in [6.07, 6.45) is 3.31. The van der Waals surface area contributed by atoms with Crippen LogP contribution in [0.1, 0.15) is 26.2 Å². The molecule has 0 heterocycles. The molecule has 0 radical (unpaired) electrons. The van der Waals surface area contributed by atoms with Gasteiger partial charge < -0.3 is 9.84 Å². The second-order valence-corrected chi connectivity index (χ2v) is 2.72. The molecule has 3 nitrogen and oxygen atoms in total. The van der Waals surface area contributed by atoms with Gasteiger partial charge in [-0.1, -0.05) is 6.58 Å². The van der Waals surface area contributed by atoms with Gasteiger partial charge in [-0.2, -0.15) is 0 Å². The molecule has 0 spiro atoms. The van der Waals surface area contributed by atoms with Crippen LogP contribution >= 0.6 is 0 Å². The van der Waals surface area contributed by atoms with Crippen molar-refractivity contribution in [3.63, 3.8) is 0 Å². The van der Waals surface area contributed by atoms with Crippen LogP contribution in [0, 0.1) is 0 Å². The molecule has 1 N–H and O–H groups in total. The first kappa shape index (κ1) is 11.2. The molecule has 0 saturated heterocycles. The van der Waals surface area contributed by atoms with E-state index in [1.165, 1.54) is 0 Å². The molecular weight excluding hydrogens is 156 g/mol. The lowest BCUT2D eigenvalue weighted by molar-refractivity contribution is -0.137. The number of ether oxygens (including phenoxy) is 1. The van der Waals surface area contributed by atoms with Crippen molar-refractivity contribution in [3.8, 4) is 0 Å². The van der Waals surface area contributed by atoms with Gasteiger partial charge in [-0.25, -0.2) is 4.79 Å². The number of unbranched alkanes of at least 4 members (excludes halogenated alkanes) is 1. The van der Waals surface area contributed by atoms with E-state index in [-0.39, 0.29) is 12.1 Å². The summed E-state index contributed by atoms with van der Waals surface area (Å²) in [7, 11) is 0. The van der Waals surface area contributed by atoms with Gasteiger partial charge in [-0.05, 0) is 26.2 Å². The van der Waals surface area contributed by atoms with Crippen LogP contribution in [0.25, 0.3) is 0 Å². The molecule has 0 amide bonds. The van der Waals surface area contributed by atoms with E-state index in [4.69, 9.17) is 9.84 Å². The predicted molar refractivity (Wildman–Crippen MR) is 46.7 cm³/mol. The molecule has 0 saturated carbocycles. The van der Waals surface area contributed by atoms with Crippen LogP contribution in [0.3, 0.4) is 0 Å². The number of hydrogen-bond acceptors (Lipinski definition) is 3. The summed E-state index contributed by atoms with van der Waals surface area (Å²) in [5.41, 5.74) is 0. The van der Waals surface area contributed by atoms with Crippen LogP contribution in [-0.2, 0) is 9.53 Å². The Kier molecular flexibility index (Phi) is 6.38. The van der Waals surface area contributed by atoms with E-state index in [0.29, 0.717) is 6.61 Å². The van der Waals surface area contributed by atoms with Crippen molar-refractivity contribution < 1.29 is 14.6 Å². The average molecular weight is 172 g/mol. The molecule has 1 atom stereocenters. The SMILES string of the molecule is C=CC(=O)OCCCCC(C)O. The molecule has 0 rings (SSSR count). The number of esters is 1. The molecule has 1 unspecified atom stereocenters. The van der Waals surface area contributed by atoms with E-state index in [0.717, 1.165) is 25.3 Å². The molecule has 0 aliphatic heterocycles. The van der Waals surface area contributed by atoms with Gasteiger partial charge in [-0.15, -0.1) is 0 Å². The predicted octanol–water partition coefficient (Wildman–Crippen LogP) is 1.27. The molecule has 0 aromatic carbocycles. The minimum Gasteiger partial charge on any atom is -0.463 e. The van der Waals surface area contributed by atoms with Crippen LogP contribution in [0.4, 0.5) is 0 Å². The molecule has 12 heavy (non-hydrogen) atoms. The van der Waals surface area contributed by atoms with Gasteiger partial charge in [-0.3, -0.25) is 0 Å². The molecule has 0 aromatic heterocycles. The third-order valence-electron chi connectivity index (χ3n) is 1.43. The Morgan fingerprint density at radius 3 is 2.83 bits per heavy atom. The molecule has 0 bridgehead atoms. The zero-order valence-electron chi connectivity index (χ0n) is 7.45. The Labute approximate surface area is 73.0 Å². The Balaban J connectivity index is 3.11. The van der Waals surface area contributed by atoms with Gasteiger partial charge in [0, 0.05) is 6.08 Å². The fraction of sp³-hybridized carbons (Fsp3) is 0.667. The summed E-state index contributed by atoms with van der Waals surface area (Å²) in [6, 6.07) is 0. The summed E-state index contributed by atoms with van der Waals surface area (Å²) in [4.78, 5) is 10.5. The first-order valence-electron chi connectivity index (χ1n) is 4.14. The van der Waals surface area contributed by atoms with E-state index >= 15 is 0 Å². The molecule has 0 aromatic rings. The largest absolute Gasteiger partial charge is 0.463 e. The summed E-state index contributed by atoms with van der Waals surface area (Å²) >= 11 is 0. The molecular formula is C9H16O3. The Hall–Kier alpha value is -0.830. The number of aliphatic hydroxyl groups excluding tert-OH is 1. The maximum atomic E-state index is 10.5. The van der Waals surface area contributed by atoms with Gasteiger partial charge in [0.25, 0.3) is 0 Å². The zero-order valence-corrected chi connectivity index (χ0v) is 7.45. The van der Waals surface area contributed by atoms with Gasteiger partial charge in [0.1, 0.15) is 0 Å². The zero-order chi connectivity index (χ0) is 9.40. The smallest absolute Gasteiger partial charge is 0.330 e. The van der Waals surface area contributed by atoms with E-state index in [2.05, 4.69) is 6.58 Å². The van der Waals surface area contributed by atoms with Crippen LogP contribution in [0.5, 0.6) is 0 Å². The second-order valence-electron chi connectivity index (χ2n) is 2.72. The second kappa shape index (κ2) is 6.85. The standard InChI is InChI=1S/C9H16O3/c1-3-9(11)12-7-5-4-6-8(2)10/h3,8,10H,1,4-7H2,2H3. The highest BCUT2D eigenvalue weighted by Crippen LogP contribution is 2.00. The molecule has 0 fully saturated rings. The summed E-state index contributed by atoms with van der Waals surface area (Å²) in [5, 5.41) is 8.88. The fourth-order valence-corrected chi connectivity index (χ4v) is 0.773. The normalized spacial score (nSPS) is 12.2.